The van der Waals surface area contributed by atoms with E-state index in [2.05, 4.69) is 16.3 Å². The van der Waals surface area contributed by atoms with Crippen molar-refractivity contribution in [3.8, 4) is 6.07 Å². The van der Waals surface area contributed by atoms with Gasteiger partial charge >= 0.3 is 0 Å². The van der Waals surface area contributed by atoms with Crippen molar-refractivity contribution in [1.29, 1.82) is 5.26 Å². The first-order chi connectivity index (χ1) is 13.3. The van der Waals surface area contributed by atoms with E-state index in [0.717, 1.165) is 11.1 Å². The molecule has 0 amide bonds. The van der Waals surface area contributed by atoms with Crippen LogP contribution in [0.3, 0.4) is 0 Å². The molecule has 6 nitrogen and oxygen atoms in total. The molecule has 0 saturated heterocycles. The fourth-order valence-corrected chi connectivity index (χ4v) is 3.36. The SMILES string of the molecule is N#Cc1ccccc1CSc1nnc(C2=COC(Cc3ccccc3)O2)o1. The van der Waals surface area contributed by atoms with Gasteiger partial charge in [0.2, 0.25) is 12.0 Å². The molecule has 4 rings (SSSR count). The standard InChI is InChI=1S/C20H15N3O3S/c21-11-15-8-4-5-9-16(15)13-27-20-23-22-19(26-20)17-12-24-18(25-17)10-14-6-2-1-3-7-14/h1-9,12,18H,10,13H2. The van der Waals surface area contributed by atoms with Gasteiger partial charge in [-0.2, -0.15) is 5.26 Å². The zero-order chi connectivity index (χ0) is 18.5. The van der Waals surface area contributed by atoms with Gasteiger partial charge in [-0.3, -0.25) is 0 Å². The number of nitriles is 1. The van der Waals surface area contributed by atoms with E-state index < -0.39 is 6.29 Å². The molecule has 1 aromatic heterocycles. The van der Waals surface area contributed by atoms with Gasteiger partial charge in [0.25, 0.3) is 11.1 Å². The van der Waals surface area contributed by atoms with Crippen molar-refractivity contribution in [2.75, 3.05) is 0 Å². The highest BCUT2D eigenvalue weighted by atomic mass is 32.2. The van der Waals surface area contributed by atoms with Crippen molar-refractivity contribution in [2.45, 2.75) is 23.7 Å². The Balaban J connectivity index is 1.35. The minimum absolute atomic E-state index is 0.279. The van der Waals surface area contributed by atoms with Crippen LogP contribution in [-0.2, 0) is 21.6 Å². The third kappa shape index (κ3) is 4.13. The topological polar surface area (TPSA) is 81.2 Å². The van der Waals surface area contributed by atoms with E-state index in [4.69, 9.17) is 19.2 Å². The maximum atomic E-state index is 9.15. The highest BCUT2D eigenvalue weighted by molar-refractivity contribution is 7.98. The molecule has 7 heteroatoms. The van der Waals surface area contributed by atoms with E-state index in [9.17, 15) is 0 Å². The third-order valence-corrected chi connectivity index (χ3v) is 4.80. The molecular formula is C20H15N3O3S. The van der Waals surface area contributed by atoms with Gasteiger partial charge in [-0.25, -0.2) is 0 Å². The van der Waals surface area contributed by atoms with Crippen LogP contribution in [0, 0.1) is 11.3 Å². The quantitative estimate of drug-likeness (QED) is 0.597. The molecule has 0 fully saturated rings. The van der Waals surface area contributed by atoms with E-state index >= 15 is 0 Å². The molecule has 1 aliphatic heterocycles. The maximum absolute atomic E-state index is 9.15. The van der Waals surface area contributed by atoms with Crippen LogP contribution in [0.1, 0.15) is 22.6 Å². The minimum Gasteiger partial charge on any atom is -0.458 e. The molecule has 0 bridgehead atoms. The van der Waals surface area contributed by atoms with Crippen molar-refractivity contribution in [1.82, 2.24) is 10.2 Å². The second-order valence-corrected chi connectivity index (χ2v) is 6.71. The first-order valence-corrected chi connectivity index (χ1v) is 9.31. The number of ether oxygens (including phenoxy) is 2. The highest BCUT2D eigenvalue weighted by Gasteiger charge is 2.25. The number of hydrogen-bond acceptors (Lipinski definition) is 7. The Bertz CT molecular complexity index is 995. The molecule has 1 unspecified atom stereocenters. The molecule has 0 N–H and O–H groups in total. The molecule has 0 radical (unpaired) electrons. The van der Waals surface area contributed by atoms with E-state index in [1.165, 1.54) is 18.0 Å². The summed E-state index contributed by atoms with van der Waals surface area (Å²) in [6, 6.07) is 19.6. The summed E-state index contributed by atoms with van der Waals surface area (Å²) >= 11 is 1.37. The number of hydrogen-bond donors (Lipinski definition) is 0. The van der Waals surface area contributed by atoms with Crippen molar-refractivity contribution >= 4 is 17.5 Å². The molecule has 0 saturated carbocycles. The van der Waals surface area contributed by atoms with Crippen LogP contribution in [0.2, 0.25) is 0 Å². The van der Waals surface area contributed by atoms with Crippen LogP contribution in [-0.4, -0.2) is 16.5 Å². The first kappa shape index (κ1) is 17.2. The highest BCUT2D eigenvalue weighted by Crippen LogP contribution is 2.29. The summed E-state index contributed by atoms with van der Waals surface area (Å²) in [4.78, 5) is 0. The van der Waals surface area contributed by atoms with E-state index in [-0.39, 0.29) is 5.89 Å². The number of rotatable bonds is 6. The molecule has 0 spiro atoms. The lowest BCUT2D eigenvalue weighted by atomic mass is 10.1. The third-order valence-electron chi connectivity index (χ3n) is 3.94. The Morgan fingerprint density at radius 1 is 1.04 bits per heavy atom. The van der Waals surface area contributed by atoms with Crippen molar-refractivity contribution in [3.63, 3.8) is 0 Å². The van der Waals surface area contributed by atoms with Gasteiger partial charge in [-0.1, -0.05) is 60.3 Å². The average molecular weight is 377 g/mol. The Morgan fingerprint density at radius 3 is 2.70 bits per heavy atom. The van der Waals surface area contributed by atoms with Crippen molar-refractivity contribution < 1.29 is 13.9 Å². The minimum atomic E-state index is -0.409. The molecular weight excluding hydrogens is 362 g/mol. The molecule has 2 heterocycles. The van der Waals surface area contributed by atoms with E-state index in [1.807, 2.05) is 48.5 Å². The predicted octanol–water partition coefficient (Wildman–Crippen LogP) is 4.15. The lowest BCUT2D eigenvalue weighted by molar-refractivity contribution is -0.0148. The summed E-state index contributed by atoms with van der Waals surface area (Å²) in [5.41, 5.74) is 2.69. The Kier molecular flexibility index (Phi) is 5.08. The van der Waals surface area contributed by atoms with E-state index in [1.54, 1.807) is 6.07 Å². The van der Waals surface area contributed by atoms with Gasteiger partial charge in [-0.15, -0.1) is 10.2 Å². The summed E-state index contributed by atoms with van der Waals surface area (Å²) in [5.74, 6) is 1.27. The van der Waals surface area contributed by atoms with Crippen LogP contribution in [0.25, 0.3) is 5.76 Å². The molecule has 134 valence electrons. The predicted molar refractivity (Wildman–Crippen MR) is 99.1 cm³/mol. The van der Waals surface area contributed by atoms with Crippen LogP contribution in [0.5, 0.6) is 0 Å². The van der Waals surface area contributed by atoms with E-state index in [0.29, 0.717) is 28.7 Å². The smallest absolute Gasteiger partial charge is 0.287 e. The monoisotopic (exact) mass is 377 g/mol. The summed E-state index contributed by atoms with van der Waals surface area (Å²) in [5, 5.41) is 17.6. The molecule has 0 aliphatic carbocycles. The van der Waals surface area contributed by atoms with Gasteiger partial charge in [0.05, 0.1) is 11.6 Å². The number of thioether (sulfide) groups is 1. The Labute approximate surface area is 160 Å². The molecule has 27 heavy (non-hydrogen) atoms. The zero-order valence-corrected chi connectivity index (χ0v) is 15.1. The molecule has 1 aliphatic rings. The molecule has 3 aromatic rings. The van der Waals surface area contributed by atoms with Crippen LogP contribution >= 0.6 is 11.8 Å². The lowest BCUT2D eigenvalue weighted by Crippen LogP contribution is -2.11. The Hall–Kier alpha value is -3.24. The molecule has 2 aromatic carbocycles. The zero-order valence-electron chi connectivity index (χ0n) is 14.2. The van der Waals surface area contributed by atoms with Gasteiger partial charge < -0.3 is 13.9 Å². The Morgan fingerprint density at radius 2 is 1.85 bits per heavy atom. The van der Waals surface area contributed by atoms with Gasteiger partial charge in [-0.05, 0) is 17.2 Å². The normalized spacial score (nSPS) is 15.5. The van der Waals surface area contributed by atoms with Gasteiger partial charge in [0, 0.05) is 12.2 Å². The first-order valence-electron chi connectivity index (χ1n) is 8.33. The molecule has 1 atom stereocenters. The number of benzene rings is 2. The van der Waals surface area contributed by atoms with Crippen LogP contribution < -0.4 is 0 Å². The largest absolute Gasteiger partial charge is 0.458 e. The summed E-state index contributed by atoms with van der Waals surface area (Å²) in [6.45, 7) is 0. The lowest BCUT2D eigenvalue weighted by Gasteiger charge is -2.10. The summed E-state index contributed by atoms with van der Waals surface area (Å²) < 4.78 is 16.9. The van der Waals surface area contributed by atoms with Crippen LogP contribution in [0.15, 0.2) is 70.5 Å². The fraction of sp³-hybridized carbons (Fsp3) is 0.150. The second-order valence-electron chi connectivity index (χ2n) is 5.79. The van der Waals surface area contributed by atoms with Crippen molar-refractivity contribution in [2.24, 2.45) is 0 Å². The van der Waals surface area contributed by atoms with Gasteiger partial charge in [0.15, 0.2) is 0 Å². The summed E-state index contributed by atoms with van der Waals surface area (Å²) in [6.07, 6.45) is 1.72. The van der Waals surface area contributed by atoms with Crippen LogP contribution in [0.4, 0.5) is 0 Å². The number of aromatic nitrogens is 2. The fourth-order valence-electron chi connectivity index (χ4n) is 2.59. The maximum Gasteiger partial charge on any atom is 0.287 e. The average Bonchev–Trinajstić information content (AvgIpc) is 3.37. The van der Waals surface area contributed by atoms with Gasteiger partial charge in [0.1, 0.15) is 6.26 Å². The number of nitrogens with zero attached hydrogens (tertiary/aromatic N) is 3. The second kappa shape index (κ2) is 7.98. The van der Waals surface area contributed by atoms with Crippen molar-refractivity contribution in [3.05, 3.63) is 83.4 Å². The summed E-state index contributed by atoms with van der Waals surface area (Å²) in [7, 11) is 0.